The molecule has 0 bridgehead atoms. The van der Waals surface area contributed by atoms with E-state index in [2.05, 4.69) is 16.4 Å². The van der Waals surface area contributed by atoms with Crippen LogP contribution in [0, 0.1) is 11.3 Å². The maximum Gasteiger partial charge on any atom is 0.145 e. The first-order chi connectivity index (χ1) is 8.83. The van der Waals surface area contributed by atoms with E-state index < -0.39 is 0 Å². The van der Waals surface area contributed by atoms with E-state index in [0.29, 0.717) is 17.1 Å². The summed E-state index contributed by atoms with van der Waals surface area (Å²) in [6, 6.07) is 12.8. The SMILES string of the molecule is CCNc1cc(Oc2ccccc2C#N)ccn1. The van der Waals surface area contributed by atoms with Crippen LogP contribution in [0.1, 0.15) is 12.5 Å². The lowest BCUT2D eigenvalue weighted by Gasteiger charge is -2.08. The van der Waals surface area contributed by atoms with Crippen LogP contribution < -0.4 is 10.1 Å². The molecule has 0 atom stereocenters. The lowest BCUT2D eigenvalue weighted by atomic mass is 10.2. The molecule has 2 aromatic rings. The van der Waals surface area contributed by atoms with Gasteiger partial charge in [0.2, 0.25) is 0 Å². The number of para-hydroxylation sites is 1. The summed E-state index contributed by atoms with van der Waals surface area (Å²) in [6.07, 6.45) is 1.67. The Morgan fingerprint density at radius 3 is 2.94 bits per heavy atom. The Labute approximate surface area is 106 Å². The molecule has 2 rings (SSSR count). The largest absolute Gasteiger partial charge is 0.456 e. The Balaban J connectivity index is 2.23. The van der Waals surface area contributed by atoms with Gasteiger partial charge in [-0.25, -0.2) is 4.98 Å². The number of aromatic nitrogens is 1. The standard InChI is InChI=1S/C14H13N3O/c1-2-16-14-9-12(7-8-17-14)18-13-6-4-3-5-11(13)10-15/h3-9H,2H2,1H3,(H,16,17). The van der Waals surface area contributed by atoms with Gasteiger partial charge in [0.25, 0.3) is 0 Å². The summed E-state index contributed by atoms with van der Waals surface area (Å²) in [5.41, 5.74) is 0.513. The molecular formula is C14H13N3O. The van der Waals surface area contributed by atoms with Gasteiger partial charge in [-0.15, -0.1) is 0 Å². The fourth-order valence-corrected chi connectivity index (χ4v) is 1.53. The van der Waals surface area contributed by atoms with Gasteiger partial charge >= 0.3 is 0 Å². The Kier molecular flexibility index (Phi) is 3.77. The third-order valence-electron chi connectivity index (χ3n) is 2.32. The van der Waals surface area contributed by atoms with Crippen LogP contribution in [-0.2, 0) is 0 Å². The molecule has 1 N–H and O–H groups in total. The average molecular weight is 239 g/mol. The van der Waals surface area contributed by atoms with Crippen LogP contribution in [0.3, 0.4) is 0 Å². The van der Waals surface area contributed by atoms with Crippen LogP contribution in [-0.4, -0.2) is 11.5 Å². The zero-order valence-corrected chi connectivity index (χ0v) is 10.1. The van der Waals surface area contributed by atoms with Crippen LogP contribution in [0.2, 0.25) is 0 Å². The molecular weight excluding hydrogens is 226 g/mol. The summed E-state index contributed by atoms with van der Waals surface area (Å²) in [4.78, 5) is 4.16. The van der Waals surface area contributed by atoms with E-state index in [4.69, 9.17) is 10.00 Å². The lowest BCUT2D eigenvalue weighted by molar-refractivity contribution is 0.480. The van der Waals surface area contributed by atoms with Crippen LogP contribution in [0.25, 0.3) is 0 Å². The predicted octanol–water partition coefficient (Wildman–Crippen LogP) is 3.18. The molecule has 0 spiro atoms. The highest BCUT2D eigenvalue weighted by Crippen LogP contribution is 2.25. The first-order valence-corrected chi connectivity index (χ1v) is 5.70. The van der Waals surface area contributed by atoms with Gasteiger partial charge in [0, 0.05) is 18.8 Å². The smallest absolute Gasteiger partial charge is 0.145 e. The van der Waals surface area contributed by atoms with Gasteiger partial charge in [0.15, 0.2) is 0 Å². The maximum absolute atomic E-state index is 8.98. The van der Waals surface area contributed by atoms with Crippen molar-refractivity contribution in [2.24, 2.45) is 0 Å². The van der Waals surface area contributed by atoms with Crippen molar-refractivity contribution in [1.82, 2.24) is 4.98 Å². The van der Waals surface area contributed by atoms with Crippen LogP contribution in [0.5, 0.6) is 11.5 Å². The van der Waals surface area contributed by atoms with Crippen molar-refractivity contribution in [3.8, 4) is 17.6 Å². The van der Waals surface area contributed by atoms with Crippen molar-refractivity contribution in [3.05, 3.63) is 48.2 Å². The average Bonchev–Trinajstić information content (AvgIpc) is 2.40. The summed E-state index contributed by atoms with van der Waals surface area (Å²) < 4.78 is 5.68. The second-order valence-corrected chi connectivity index (χ2v) is 3.62. The summed E-state index contributed by atoms with van der Waals surface area (Å²) >= 11 is 0. The fourth-order valence-electron chi connectivity index (χ4n) is 1.53. The van der Waals surface area contributed by atoms with Crippen LogP contribution in [0.15, 0.2) is 42.6 Å². The van der Waals surface area contributed by atoms with E-state index in [0.717, 1.165) is 12.4 Å². The van der Waals surface area contributed by atoms with Crippen molar-refractivity contribution in [1.29, 1.82) is 5.26 Å². The monoisotopic (exact) mass is 239 g/mol. The van der Waals surface area contributed by atoms with Gasteiger partial charge in [-0.2, -0.15) is 5.26 Å². The minimum atomic E-state index is 0.513. The molecule has 1 aromatic heterocycles. The Bertz CT molecular complexity index is 575. The number of hydrogen-bond acceptors (Lipinski definition) is 4. The van der Waals surface area contributed by atoms with Gasteiger partial charge < -0.3 is 10.1 Å². The molecule has 0 saturated carbocycles. The summed E-state index contributed by atoms with van der Waals surface area (Å²) in [5.74, 6) is 1.96. The predicted molar refractivity (Wildman–Crippen MR) is 69.6 cm³/mol. The number of nitrogens with one attached hydrogen (secondary N) is 1. The molecule has 0 saturated heterocycles. The van der Waals surface area contributed by atoms with Gasteiger partial charge in [0.1, 0.15) is 23.4 Å². The lowest BCUT2D eigenvalue weighted by Crippen LogP contribution is -1.99. The number of benzene rings is 1. The van der Waals surface area contributed by atoms with Crippen molar-refractivity contribution in [2.45, 2.75) is 6.92 Å². The molecule has 4 heteroatoms. The van der Waals surface area contributed by atoms with Crippen molar-refractivity contribution in [3.63, 3.8) is 0 Å². The van der Waals surface area contributed by atoms with Gasteiger partial charge in [-0.1, -0.05) is 12.1 Å². The van der Waals surface area contributed by atoms with E-state index in [1.807, 2.05) is 19.1 Å². The van der Waals surface area contributed by atoms with E-state index in [-0.39, 0.29) is 0 Å². The van der Waals surface area contributed by atoms with Crippen molar-refractivity contribution in [2.75, 3.05) is 11.9 Å². The normalized spacial score (nSPS) is 9.56. The minimum Gasteiger partial charge on any atom is -0.456 e. The Morgan fingerprint density at radius 1 is 1.33 bits per heavy atom. The van der Waals surface area contributed by atoms with Crippen molar-refractivity contribution >= 4 is 5.82 Å². The maximum atomic E-state index is 8.98. The third-order valence-corrected chi connectivity index (χ3v) is 2.32. The highest BCUT2D eigenvalue weighted by atomic mass is 16.5. The van der Waals surface area contributed by atoms with E-state index >= 15 is 0 Å². The van der Waals surface area contributed by atoms with E-state index in [9.17, 15) is 0 Å². The van der Waals surface area contributed by atoms with E-state index in [1.165, 1.54) is 0 Å². The van der Waals surface area contributed by atoms with Crippen LogP contribution in [0.4, 0.5) is 5.82 Å². The molecule has 0 amide bonds. The van der Waals surface area contributed by atoms with E-state index in [1.54, 1.807) is 30.5 Å². The molecule has 0 fully saturated rings. The second-order valence-electron chi connectivity index (χ2n) is 3.62. The number of rotatable bonds is 4. The molecule has 0 aliphatic carbocycles. The number of hydrogen-bond donors (Lipinski definition) is 1. The van der Waals surface area contributed by atoms with Gasteiger partial charge in [-0.05, 0) is 25.1 Å². The zero-order valence-electron chi connectivity index (χ0n) is 10.1. The number of nitrogens with zero attached hydrogens (tertiary/aromatic N) is 2. The third kappa shape index (κ3) is 2.77. The Hall–Kier alpha value is -2.54. The number of pyridine rings is 1. The van der Waals surface area contributed by atoms with Gasteiger partial charge in [-0.3, -0.25) is 0 Å². The molecule has 90 valence electrons. The number of anilines is 1. The highest BCUT2D eigenvalue weighted by molar-refractivity contribution is 5.47. The minimum absolute atomic E-state index is 0.513. The molecule has 18 heavy (non-hydrogen) atoms. The fraction of sp³-hybridized carbons (Fsp3) is 0.143. The molecule has 0 aliphatic rings. The zero-order chi connectivity index (χ0) is 12.8. The molecule has 0 aliphatic heterocycles. The summed E-state index contributed by atoms with van der Waals surface area (Å²) in [6.45, 7) is 2.80. The molecule has 1 heterocycles. The Morgan fingerprint density at radius 2 is 2.17 bits per heavy atom. The topological polar surface area (TPSA) is 57.9 Å². The second kappa shape index (κ2) is 5.69. The first-order valence-electron chi connectivity index (χ1n) is 5.70. The number of nitriles is 1. The molecule has 0 radical (unpaired) electrons. The first kappa shape index (κ1) is 11.9. The highest BCUT2D eigenvalue weighted by Gasteiger charge is 2.04. The van der Waals surface area contributed by atoms with Crippen molar-refractivity contribution < 1.29 is 4.74 Å². The molecule has 4 nitrogen and oxygen atoms in total. The quantitative estimate of drug-likeness (QED) is 0.890. The molecule has 0 unspecified atom stereocenters. The summed E-state index contributed by atoms with van der Waals surface area (Å²) in [7, 11) is 0. The van der Waals surface area contributed by atoms with Crippen LogP contribution >= 0.6 is 0 Å². The number of ether oxygens (including phenoxy) is 1. The summed E-state index contributed by atoms with van der Waals surface area (Å²) in [5, 5.41) is 12.1. The molecule has 1 aromatic carbocycles. The van der Waals surface area contributed by atoms with Gasteiger partial charge in [0.05, 0.1) is 5.56 Å².